The summed E-state index contributed by atoms with van der Waals surface area (Å²) in [7, 11) is 0. The SMILES string of the molecule is CC(C)OCC(=O)NC1CCN(C(=O)OC(C)(C)C)CC1. The molecule has 0 atom stereocenters. The molecule has 0 aromatic rings. The molecule has 0 bridgehead atoms. The van der Waals surface area contributed by atoms with Crippen LogP contribution in [-0.4, -0.2) is 54.3 Å². The first kappa shape index (κ1) is 17.8. The molecule has 0 unspecified atom stereocenters. The van der Waals surface area contributed by atoms with Crippen LogP contribution in [0.5, 0.6) is 0 Å². The van der Waals surface area contributed by atoms with Gasteiger partial charge in [0, 0.05) is 19.1 Å². The lowest BCUT2D eigenvalue weighted by molar-refractivity contribution is -0.128. The number of amides is 2. The second kappa shape index (κ2) is 7.64. The number of hydrogen-bond donors (Lipinski definition) is 1. The topological polar surface area (TPSA) is 67.9 Å². The Balaban J connectivity index is 2.29. The average molecular weight is 300 g/mol. The van der Waals surface area contributed by atoms with Crippen molar-refractivity contribution in [2.45, 2.75) is 65.2 Å². The van der Waals surface area contributed by atoms with Crippen LogP contribution < -0.4 is 5.32 Å². The molecule has 1 fully saturated rings. The van der Waals surface area contributed by atoms with E-state index in [2.05, 4.69) is 5.32 Å². The molecule has 1 aliphatic rings. The van der Waals surface area contributed by atoms with Crippen LogP contribution in [0, 0.1) is 0 Å². The van der Waals surface area contributed by atoms with Crippen molar-refractivity contribution in [3.8, 4) is 0 Å². The summed E-state index contributed by atoms with van der Waals surface area (Å²) < 4.78 is 10.6. The van der Waals surface area contributed by atoms with Crippen molar-refractivity contribution in [2.75, 3.05) is 19.7 Å². The van der Waals surface area contributed by atoms with Gasteiger partial charge in [-0.25, -0.2) is 4.79 Å². The number of hydrogen-bond acceptors (Lipinski definition) is 4. The van der Waals surface area contributed by atoms with Crippen LogP contribution in [0.4, 0.5) is 4.79 Å². The average Bonchev–Trinajstić information content (AvgIpc) is 2.35. The first-order valence-electron chi connectivity index (χ1n) is 7.56. The Kier molecular flexibility index (Phi) is 6.45. The minimum absolute atomic E-state index is 0.0461. The minimum atomic E-state index is -0.476. The standard InChI is InChI=1S/C15H28N2O4/c1-11(2)20-10-13(18)16-12-6-8-17(9-7-12)14(19)21-15(3,4)5/h11-12H,6-10H2,1-5H3,(H,16,18). The van der Waals surface area contributed by atoms with Crippen LogP contribution in [0.25, 0.3) is 0 Å². The summed E-state index contributed by atoms with van der Waals surface area (Å²) in [5.74, 6) is -0.0978. The van der Waals surface area contributed by atoms with E-state index in [0.717, 1.165) is 12.8 Å². The van der Waals surface area contributed by atoms with Crippen molar-refractivity contribution in [1.82, 2.24) is 10.2 Å². The monoisotopic (exact) mass is 300 g/mol. The quantitative estimate of drug-likeness (QED) is 0.861. The minimum Gasteiger partial charge on any atom is -0.444 e. The fourth-order valence-electron chi connectivity index (χ4n) is 2.04. The van der Waals surface area contributed by atoms with Crippen molar-refractivity contribution in [2.24, 2.45) is 0 Å². The number of piperidine rings is 1. The van der Waals surface area contributed by atoms with Crippen molar-refractivity contribution in [3.05, 3.63) is 0 Å². The predicted octanol–water partition coefficient (Wildman–Crippen LogP) is 1.93. The lowest BCUT2D eigenvalue weighted by Crippen LogP contribution is -2.48. The number of nitrogens with zero attached hydrogens (tertiary/aromatic N) is 1. The maximum atomic E-state index is 11.9. The second-order valence-electron chi connectivity index (χ2n) is 6.67. The molecule has 1 saturated heterocycles. The highest BCUT2D eigenvalue weighted by Gasteiger charge is 2.27. The summed E-state index contributed by atoms with van der Waals surface area (Å²) >= 11 is 0. The fraction of sp³-hybridized carbons (Fsp3) is 0.867. The van der Waals surface area contributed by atoms with Gasteiger partial charge < -0.3 is 19.7 Å². The van der Waals surface area contributed by atoms with Gasteiger partial charge >= 0.3 is 6.09 Å². The third-order valence-electron chi connectivity index (χ3n) is 3.06. The van der Waals surface area contributed by atoms with Gasteiger partial charge in [-0.2, -0.15) is 0 Å². The van der Waals surface area contributed by atoms with Gasteiger partial charge in [-0.1, -0.05) is 0 Å². The number of rotatable bonds is 4. The predicted molar refractivity (Wildman–Crippen MR) is 80.1 cm³/mol. The zero-order chi connectivity index (χ0) is 16.0. The zero-order valence-corrected chi connectivity index (χ0v) is 13.8. The van der Waals surface area contributed by atoms with Crippen LogP contribution in [-0.2, 0) is 14.3 Å². The molecule has 0 spiro atoms. The largest absolute Gasteiger partial charge is 0.444 e. The van der Waals surface area contributed by atoms with E-state index >= 15 is 0 Å². The van der Waals surface area contributed by atoms with Gasteiger partial charge in [0.05, 0.1) is 6.10 Å². The smallest absolute Gasteiger partial charge is 0.410 e. The first-order chi connectivity index (χ1) is 9.67. The van der Waals surface area contributed by atoms with Crippen molar-refractivity contribution in [1.29, 1.82) is 0 Å². The molecule has 1 heterocycles. The highest BCUT2D eigenvalue weighted by molar-refractivity contribution is 5.77. The molecular weight excluding hydrogens is 272 g/mol. The van der Waals surface area contributed by atoms with E-state index in [0.29, 0.717) is 13.1 Å². The van der Waals surface area contributed by atoms with Gasteiger partial charge in [0.1, 0.15) is 12.2 Å². The molecule has 0 radical (unpaired) electrons. The van der Waals surface area contributed by atoms with Gasteiger partial charge in [0.15, 0.2) is 0 Å². The van der Waals surface area contributed by atoms with Crippen LogP contribution in [0.2, 0.25) is 0 Å². The van der Waals surface area contributed by atoms with E-state index in [1.54, 1.807) is 4.90 Å². The summed E-state index contributed by atoms with van der Waals surface area (Å²) in [6, 6.07) is 0.104. The lowest BCUT2D eigenvalue weighted by atomic mass is 10.1. The van der Waals surface area contributed by atoms with Crippen LogP contribution in [0.1, 0.15) is 47.5 Å². The molecule has 0 aliphatic carbocycles. The van der Waals surface area contributed by atoms with Crippen LogP contribution in [0.3, 0.4) is 0 Å². The van der Waals surface area contributed by atoms with Gasteiger partial charge in [-0.05, 0) is 47.5 Å². The number of nitrogens with one attached hydrogen (secondary N) is 1. The number of likely N-dealkylation sites (tertiary alicyclic amines) is 1. The molecule has 0 saturated carbocycles. The molecule has 0 aromatic carbocycles. The molecule has 6 nitrogen and oxygen atoms in total. The van der Waals surface area contributed by atoms with Crippen LogP contribution >= 0.6 is 0 Å². The Bertz CT molecular complexity index is 355. The van der Waals surface area contributed by atoms with Gasteiger partial charge in [0.25, 0.3) is 0 Å². The van der Waals surface area contributed by atoms with E-state index in [-0.39, 0.29) is 30.8 Å². The van der Waals surface area contributed by atoms with E-state index in [9.17, 15) is 9.59 Å². The van der Waals surface area contributed by atoms with E-state index in [4.69, 9.17) is 9.47 Å². The summed E-state index contributed by atoms with van der Waals surface area (Å²) in [5, 5.41) is 2.94. The Morgan fingerprint density at radius 3 is 2.29 bits per heavy atom. The van der Waals surface area contributed by atoms with Gasteiger partial charge in [-0.3, -0.25) is 4.79 Å². The van der Waals surface area contributed by atoms with Crippen molar-refractivity contribution in [3.63, 3.8) is 0 Å². The summed E-state index contributed by atoms with van der Waals surface area (Å²) in [6.45, 7) is 10.6. The molecule has 2 amide bonds. The second-order valence-corrected chi connectivity index (χ2v) is 6.67. The van der Waals surface area contributed by atoms with Gasteiger partial charge in [-0.15, -0.1) is 0 Å². The van der Waals surface area contributed by atoms with Crippen LogP contribution in [0.15, 0.2) is 0 Å². The zero-order valence-electron chi connectivity index (χ0n) is 13.8. The summed E-state index contributed by atoms with van der Waals surface area (Å²) in [6.07, 6.45) is 1.25. The maximum Gasteiger partial charge on any atom is 0.410 e. The highest BCUT2D eigenvalue weighted by Crippen LogP contribution is 2.15. The molecule has 1 aliphatic heterocycles. The third kappa shape index (κ3) is 7.32. The molecule has 122 valence electrons. The van der Waals surface area contributed by atoms with Crippen molar-refractivity contribution >= 4 is 12.0 Å². The van der Waals surface area contributed by atoms with E-state index in [1.807, 2.05) is 34.6 Å². The Morgan fingerprint density at radius 1 is 1.24 bits per heavy atom. The molecule has 6 heteroatoms. The number of ether oxygens (including phenoxy) is 2. The van der Waals surface area contributed by atoms with Crippen molar-refractivity contribution < 1.29 is 19.1 Å². The lowest BCUT2D eigenvalue weighted by Gasteiger charge is -2.33. The third-order valence-corrected chi connectivity index (χ3v) is 3.06. The number of carbonyl (C=O) groups excluding carboxylic acids is 2. The summed E-state index contributed by atoms with van der Waals surface area (Å²) in [5.41, 5.74) is -0.476. The van der Waals surface area contributed by atoms with E-state index < -0.39 is 5.60 Å². The Hall–Kier alpha value is -1.30. The Morgan fingerprint density at radius 2 is 1.81 bits per heavy atom. The Labute approximate surface area is 127 Å². The summed E-state index contributed by atoms with van der Waals surface area (Å²) in [4.78, 5) is 25.3. The highest BCUT2D eigenvalue weighted by atomic mass is 16.6. The first-order valence-corrected chi connectivity index (χ1v) is 7.56. The maximum absolute atomic E-state index is 11.9. The van der Waals surface area contributed by atoms with E-state index in [1.165, 1.54) is 0 Å². The molecule has 0 aromatic heterocycles. The normalized spacial score (nSPS) is 17.0. The molecular formula is C15H28N2O4. The fourth-order valence-corrected chi connectivity index (χ4v) is 2.04. The molecule has 1 rings (SSSR count). The van der Waals surface area contributed by atoms with Gasteiger partial charge in [0.2, 0.25) is 5.91 Å². The molecule has 1 N–H and O–H groups in total. The molecule has 21 heavy (non-hydrogen) atoms. The number of carbonyl (C=O) groups is 2.